The van der Waals surface area contributed by atoms with Crippen LogP contribution in [0, 0.1) is 0 Å². The highest BCUT2D eigenvalue weighted by molar-refractivity contribution is 7.22. The second-order valence-corrected chi connectivity index (χ2v) is 8.84. The second-order valence-electron chi connectivity index (χ2n) is 7.84. The molecule has 0 unspecified atom stereocenters. The summed E-state index contributed by atoms with van der Waals surface area (Å²) in [7, 11) is 1.64. The number of hydrogen-bond donors (Lipinski definition) is 0. The predicted octanol–water partition coefficient (Wildman–Crippen LogP) is 6.20. The van der Waals surface area contributed by atoms with Crippen LogP contribution in [0.15, 0.2) is 72.8 Å². The lowest BCUT2D eigenvalue weighted by Crippen LogP contribution is -2.31. The quantitative estimate of drug-likeness (QED) is 0.350. The molecule has 1 heterocycles. The number of ether oxygens (including phenoxy) is 1. The van der Waals surface area contributed by atoms with Crippen molar-refractivity contribution in [3.05, 3.63) is 89.5 Å². The lowest BCUT2D eigenvalue weighted by molar-refractivity contribution is -0.118. The third-order valence-corrected chi connectivity index (χ3v) is 6.33. The van der Waals surface area contributed by atoms with E-state index in [0.717, 1.165) is 32.2 Å². The van der Waals surface area contributed by atoms with E-state index in [-0.39, 0.29) is 5.91 Å². The smallest absolute Gasteiger partial charge is 0.233 e. The molecule has 4 rings (SSSR count). The molecule has 0 atom stereocenters. The zero-order chi connectivity index (χ0) is 21.8. The van der Waals surface area contributed by atoms with Crippen molar-refractivity contribution in [1.29, 1.82) is 0 Å². The van der Waals surface area contributed by atoms with Gasteiger partial charge in [0.25, 0.3) is 0 Å². The Hall–Kier alpha value is -3.18. The van der Waals surface area contributed by atoms with Crippen molar-refractivity contribution in [2.45, 2.75) is 32.7 Å². The molecule has 4 aromatic rings. The molecule has 0 fully saturated rings. The van der Waals surface area contributed by atoms with Crippen molar-refractivity contribution < 1.29 is 9.53 Å². The molecule has 158 valence electrons. The summed E-state index contributed by atoms with van der Waals surface area (Å²) in [6.45, 7) is 4.83. The maximum atomic E-state index is 13.4. The third kappa shape index (κ3) is 4.78. The van der Waals surface area contributed by atoms with Gasteiger partial charge in [-0.15, -0.1) is 0 Å². The van der Waals surface area contributed by atoms with E-state index in [1.807, 2.05) is 59.5 Å². The normalized spacial score (nSPS) is 11.1. The van der Waals surface area contributed by atoms with Crippen molar-refractivity contribution in [2.75, 3.05) is 12.0 Å². The van der Waals surface area contributed by atoms with Gasteiger partial charge in [-0.1, -0.05) is 79.8 Å². The Morgan fingerprint density at radius 2 is 1.71 bits per heavy atom. The van der Waals surface area contributed by atoms with E-state index in [9.17, 15) is 4.79 Å². The Bertz CT molecular complexity index is 1170. The van der Waals surface area contributed by atoms with Crippen molar-refractivity contribution in [3.63, 3.8) is 0 Å². The van der Waals surface area contributed by atoms with Gasteiger partial charge in [0.2, 0.25) is 5.91 Å². The van der Waals surface area contributed by atoms with Gasteiger partial charge in [0.1, 0.15) is 5.75 Å². The number of carbonyl (C=O) groups excluding carboxylic acids is 1. The van der Waals surface area contributed by atoms with Crippen molar-refractivity contribution in [1.82, 2.24) is 4.98 Å². The maximum Gasteiger partial charge on any atom is 0.233 e. The molecule has 0 aliphatic heterocycles. The van der Waals surface area contributed by atoms with E-state index in [1.165, 1.54) is 5.56 Å². The number of fused-ring (bicyclic) bond motifs is 1. The first-order valence-corrected chi connectivity index (χ1v) is 11.2. The summed E-state index contributed by atoms with van der Waals surface area (Å²) in [5, 5.41) is 0.741. The largest absolute Gasteiger partial charge is 0.497 e. The van der Waals surface area contributed by atoms with Crippen molar-refractivity contribution in [3.8, 4) is 5.75 Å². The number of carbonyl (C=O) groups is 1. The van der Waals surface area contributed by atoms with Gasteiger partial charge in [-0.2, -0.15) is 0 Å². The number of thiazole rings is 1. The molecule has 1 aromatic heterocycles. The lowest BCUT2D eigenvalue weighted by Gasteiger charge is -2.20. The summed E-state index contributed by atoms with van der Waals surface area (Å²) < 4.78 is 6.34. The van der Waals surface area contributed by atoms with Crippen LogP contribution < -0.4 is 9.64 Å². The van der Waals surface area contributed by atoms with Gasteiger partial charge < -0.3 is 4.74 Å². The molecule has 0 saturated carbocycles. The van der Waals surface area contributed by atoms with E-state index in [0.29, 0.717) is 18.9 Å². The highest BCUT2D eigenvalue weighted by Crippen LogP contribution is 2.34. The first-order chi connectivity index (χ1) is 15.0. The second kappa shape index (κ2) is 9.31. The minimum Gasteiger partial charge on any atom is -0.497 e. The number of para-hydroxylation sites is 1. The van der Waals surface area contributed by atoms with Crippen LogP contribution in [0.4, 0.5) is 5.13 Å². The van der Waals surface area contributed by atoms with Crippen LogP contribution in [0.2, 0.25) is 0 Å². The van der Waals surface area contributed by atoms with Crippen LogP contribution in [0.3, 0.4) is 0 Å². The summed E-state index contributed by atoms with van der Waals surface area (Å²) in [5.74, 6) is 1.18. The van der Waals surface area contributed by atoms with Gasteiger partial charge in [0.15, 0.2) is 5.13 Å². The van der Waals surface area contributed by atoms with Crippen LogP contribution in [0.5, 0.6) is 5.75 Å². The van der Waals surface area contributed by atoms with Gasteiger partial charge in [0.05, 0.1) is 30.3 Å². The average Bonchev–Trinajstić information content (AvgIpc) is 3.22. The SMILES string of the molecule is COc1ccc(CC(=O)N(Cc2ccccc2)c2nc3c(C(C)C)cccc3s2)cc1. The Morgan fingerprint density at radius 1 is 0.968 bits per heavy atom. The first kappa shape index (κ1) is 21.1. The van der Waals surface area contributed by atoms with Gasteiger partial charge in [0, 0.05) is 0 Å². The number of nitrogens with zero attached hydrogens (tertiary/aromatic N) is 2. The van der Waals surface area contributed by atoms with Gasteiger partial charge >= 0.3 is 0 Å². The Balaban J connectivity index is 1.69. The van der Waals surface area contributed by atoms with Crippen LogP contribution in [-0.4, -0.2) is 18.0 Å². The van der Waals surface area contributed by atoms with Crippen LogP contribution in [-0.2, 0) is 17.8 Å². The summed E-state index contributed by atoms with van der Waals surface area (Å²) in [6, 6.07) is 24.0. The molecule has 4 nitrogen and oxygen atoms in total. The van der Waals surface area contributed by atoms with E-state index < -0.39 is 0 Å². The molecular formula is C26H26N2O2S. The van der Waals surface area contributed by atoms with E-state index in [2.05, 4.69) is 32.0 Å². The molecule has 5 heteroatoms. The zero-order valence-electron chi connectivity index (χ0n) is 18.0. The Labute approximate surface area is 187 Å². The van der Waals surface area contributed by atoms with Crippen LogP contribution in [0.25, 0.3) is 10.2 Å². The number of methoxy groups -OCH3 is 1. The summed E-state index contributed by atoms with van der Waals surface area (Å²) in [6.07, 6.45) is 0.309. The molecule has 0 aliphatic rings. The summed E-state index contributed by atoms with van der Waals surface area (Å²) in [4.78, 5) is 20.2. The molecule has 0 radical (unpaired) electrons. The zero-order valence-corrected chi connectivity index (χ0v) is 18.9. The van der Waals surface area contributed by atoms with Crippen molar-refractivity contribution in [2.24, 2.45) is 0 Å². The number of hydrogen-bond acceptors (Lipinski definition) is 4. The molecule has 0 saturated heterocycles. The molecule has 0 N–H and O–H groups in total. The van der Waals surface area contributed by atoms with Gasteiger partial charge in [-0.3, -0.25) is 9.69 Å². The fraction of sp³-hybridized carbons (Fsp3) is 0.231. The third-order valence-electron chi connectivity index (χ3n) is 5.29. The number of rotatable bonds is 7. The van der Waals surface area contributed by atoms with E-state index in [1.54, 1.807) is 18.4 Å². The monoisotopic (exact) mass is 430 g/mol. The van der Waals surface area contributed by atoms with Gasteiger partial charge in [-0.05, 0) is 40.8 Å². The molecule has 0 aliphatic carbocycles. The molecule has 31 heavy (non-hydrogen) atoms. The minimum atomic E-state index is 0.0270. The topological polar surface area (TPSA) is 42.4 Å². The minimum absolute atomic E-state index is 0.0270. The molecule has 1 amide bonds. The molecule has 3 aromatic carbocycles. The Kier molecular flexibility index (Phi) is 6.33. The fourth-order valence-electron chi connectivity index (χ4n) is 3.58. The number of anilines is 1. The highest BCUT2D eigenvalue weighted by atomic mass is 32.1. The lowest BCUT2D eigenvalue weighted by atomic mass is 10.0. The Morgan fingerprint density at radius 3 is 2.39 bits per heavy atom. The highest BCUT2D eigenvalue weighted by Gasteiger charge is 2.22. The number of benzene rings is 3. The first-order valence-electron chi connectivity index (χ1n) is 10.4. The standard InChI is InChI=1S/C26H26N2O2S/c1-18(2)22-10-7-11-23-25(22)27-26(31-23)28(17-20-8-5-4-6-9-20)24(29)16-19-12-14-21(30-3)15-13-19/h4-15,18H,16-17H2,1-3H3. The average molecular weight is 431 g/mol. The van der Waals surface area contributed by atoms with E-state index >= 15 is 0 Å². The summed E-state index contributed by atoms with van der Waals surface area (Å²) in [5.41, 5.74) is 4.23. The van der Waals surface area contributed by atoms with E-state index in [4.69, 9.17) is 9.72 Å². The van der Waals surface area contributed by atoms with Gasteiger partial charge in [-0.25, -0.2) is 4.98 Å². The fourth-order valence-corrected chi connectivity index (χ4v) is 4.60. The summed E-state index contributed by atoms with van der Waals surface area (Å²) >= 11 is 1.58. The molecule has 0 spiro atoms. The molecule has 0 bridgehead atoms. The number of aromatic nitrogens is 1. The number of amides is 1. The van der Waals surface area contributed by atoms with Crippen LogP contribution in [0.1, 0.15) is 36.5 Å². The van der Waals surface area contributed by atoms with Crippen molar-refractivity contribution >= 4 is 32.6 Å². The molecular weight excluding hydrogens is 404 g/mol. The van der Waals surface area contributed by atoms with Crippen LogP contribution >= 0.6 is 11.3 Å². The predicted molar refractivity (Wildman–Crippen MR) is 128 cm³/mol. The maximum absolute atomic E-state index is 13.4.